The van der Waals surface area contributed by atoms with Crippen LogP contribution in [0.2, 0.25) is 0 Å². The van der Waals surface area contributed by atoms with Gasteiger partial charge in [0.25, 0.3) is 0 Å². The van der Waals surface area contributed by atoms with Crippen molar-refractivity contribution < 1.29 is 30.5 Å². The van der Waals surface area contributed by atoms with Crippen molar-refractivity contribution in [2.75, 3.05) is 32.8 Å². The monoisotopic (exact) mass is 423 g/mol. The summed E-state index contributed by atoms with van der Waals surface area (Å²) in [6.45, 7) is 7.74. The van der Waals surface area contributed by atoms with E-state index in [-0.39, 0.29) is 11.2 Å². The van der Waals surface area contributed by atoms with Crippen LogP contribution in [0.15, 0.2) is 24.3 Å². The molecule has 5 nitrogen and oxygen atoms in total. The van der Waals surface area contributed by atoms with E-state index < -0.39 is 15.6 Å². The number of hydrogen-bond donors (Lipinski definition) is 0. The van der Waals surface area contributed by atoms with Crippen molar-refractivity contribution in [3.05, 3.63) is 29.8 Å². The molecule has 9 heteroatoms. The van der Waals surface area contributed by atoms with Crippen LogP contribution in [-0.4, -0.2) is 51.7 Å². The first-order valence-corrected chi connectivity index (χ1v) is 11.0. The third kappa shape index (κ3) is 5.61. The van der Waals surface area contributed by atoms with Crippen LogP contribution in [0.25, 0.3) is 0 Å². The Bertz CT molecular complexity index is 739. The predicted octanol–water partition coefficient (Wildman–Crippen LogP) is 4.09. The number of ether oxygens (including phenoxy) is 1. The van der Waals surface area contributed by atoms with Crippen LogP contribution in [0.5, 0.6) is 5.75 Å². The second kappa shape index (κ2) is 9.45. The molecule has 0 saturated carbocycles. The lowest BCUT2D eigenvalue weighted by Gasteiger charge is -2.36. The first-order valence-electron chi connectivity index (χ1n) is 9.55. The largest absolute Gasteiger partial charge is 0.534 e. The van der Waals surface area contributed by atoms with Crippen LogP contribution in [-0.2, 0) is 20.3 Å². The van der Waals surface area contributed by atoms with Gasteiger partial charge in [0.15, 0.2) is 0 Å². The fraction of sp³-hybridized carbons (Fsp3) is 0.684. The van der Waals surface area contributed by atoms with Gasteiger partial charge in [-0.3, -0.25) is 0 Å². The highest BCUT2D eigenvalue weighted by Gasteiger charge is 2.48. The third-order valence-electron chi connectivity index (χ3n) is 5.27. The summed E-state index contributed by atoms with van der Waals surface area (Å²) in [5.41, 5.74) is -4.93. The summed E-state index contributed by atoms with van der Waals surface area (Å²) in [7, 11) is -5.68. The van der Waals surface area contributed by atoms with Gasteiger partial charge in [-0.2, -0.15) is 21.6 Å². The molecule has 1 fully saturated rings. The summed E-state index contributed by atoms with van der Waals surface area (Å²) in [5, 5.41) is 0. The molecule has 160 valence electrons. The van der Waals surface area contributed by atoms with Gasteiger partial charge in [-0.05, 0) is 50.4 Å². The van der Waals surface area contributed by atoms with Crippen molar-refractivity contribution in [2.45, 2.75) is 50.5 Å². The summed E-state index contributed by atoms with van der Waals surface area (Å²) in [4.78, 5) is 2.31. The molecule has 0 aromatic heterocycles. The number of rotatable bonds is 8. The standard InChI is InChI=1S/C19H28F3NO4S/c1-3-18(10-5-6-11-23(15-18)12-13-26-4-2)16-8-7-9-17(14-16)27-28(24,25)19(20,21)22/h7-9,14H,3-6,10-13,15H2,1-2H3. The Morgan fingerprint density at radius 2 is 1.96 bits per heavy atom. The molecule has 2 rings (SSSR count). The Morgan fingerprint density at radius 3 is 2.61 bits per heavy atom. The Hall–Kier alpha value is -1.32. The maximum Gasteiger partial charge on any atom is 0.534 e. The SMILES string of the molecule is CCOCCN1CCCCC(CC)(c2cccc(OS(=O)(=O)C(F)(F)F)c2)C1. The van der Waals surface area contributed by atoms with Gasteiger partial charge in [-0.1, -0.05) is 25.5 Å². The minimum absolute atomic E-state index is 0.274. The van der Waals surface area contributed by atoms with E-state index in [0.717, 1.165) is 50.9 Å². The van der Waals surface area contributed by atoms with Gasteiger partial charge in [-0.15, -0.1) is 0 Å². The molecule has 1 unspecified atom stereocenters. The number of benzene rings is 1. The summed E-state index contributed by atoms with van der Waals surface area (Å²) in [5.74, 6) is -0.312. The normalized spacial score (nSPS) is 22.0. The van der Waals surface area contributed by atoms with Crippen molar-refractivity contribution in [2.24, 2.45) is 0 Å². The van der Waals surface area contributed by atoms with Crippen LogP contribution in [0.4, 0.5) is 13.2 Å². The Labute approximate surface area is 164 Å². The minimum Gasteiger partial charge on any atom is -0.380 e. The zero-order valence-electron chi connectivity index (χ0n) is 16.3. The first kappa shape index (κ1) is 23.0. The molecule has 0 N–H and O–H groups in total. The van der Waals surface area contributed by atoms with Gasteiger partial charge in [0.1, 0.15) is 5.75 Å². The lowest BCUT2D eigenvalue weighted by Crippen LogP contribution is -2.40. The summed E-state index contributed by atoms with van der Waals surface area (Å²) >= 11 is 0. The fourth-order valence-corrected chi connectivity index (χ4v) is 4.15. The number of halogens is 3. The van der Waals surface area contributed by atoms with Crippen molar-refractivity contribution in [1.82, 2.24) is 4.90 Å². The van der Waals surface area contributed by atoms with E-state index >= 15 is 0 Å². The number of hydrogen-bond acceptors (Lipinski definition) is 5. The van der Waals surface area contributed by atoms with E-state index in [2.05, 4.69) is 9.08 Å². The van der Waals surface area contributed by atoms with Crippen LogP contribution in [0, 0.1) is 0 Å². The number of alkyl halides is 3. The average molecular weight is 423 g/mol. The maximum absolute atomic E-state index is 12.6. The van der Waals surface area contributed by atoms with Crippen molar-refractivity contribution >= 4 is 10.1 Å². The topological polar surface area (TPSA) is 55.8 Å². The Morgan fingerprint density at radius 1 is 1.21 bits per heavy atom. The van der Waals surface area contributed by atoms with E-state index in [1.165, 1.54) is 12.1 Å². The Balaban J connectivity index is 2.27. The zero-order chi connectivity index (χ0) is 20.8. The third-order valence-corrected chi connectivity index (χ3v) is 6.25. The van der Waals surface area contributed by atoms with Crippen LogP contribution >= 0.6 is 0 Å². The highest BCUT2D eigenvalue weighted by molar-refractivity contribution is 7.88. The van der Waals surface area contributed by atoms with E-state index in [1.807, 2.05) is 19.9 Å². The lowest BCUT2D eigenvalue weighted by atomic mass is 9.74. The molecule has 28 heavy (non-hydrogen) atoms. The van der Waals surface area contributed by atoms with Gasteiger partial charge in [0.05, 0.1) is 6.61 Å². The van der Waals surface area contributed by atoms with Crippen molar-refractivity contribution in [1.29, 1.82) is 0 Å². The second-order valence-electron chi connectivity index (χ2n) is 7.08. The molecule has 0 aliphatic carbocycles. The van der Waals surface area contributed by atoms with Crippen LogP contribution in [0.3, 0.4) is 0 Å². The highest BCUT2D eigenvalue weighted by Crippen LogP contribution is 2.38. The van der Waals surface area contributed by atoms with Gasteiger partial charge >= 0.3 is 15.6 Å². The van der Waals surface area contributed by atoms with Crippen LogP contribution in [0.1, 0.15) is 45.1 Å². The first-order chi connectivity index (χ1) is 13.1. The molecule has 1 aromatic rings. The van der Waals surface area contributed by atoms with Gasteiger partial charge in [-0.25, -0.2) is 0 Å². The summed E-state index contributed by atoms with van der Waals surface area (Å²) < 4.78 is 70.4. The molecule has 0 spiro atoms. The average Bonchev–Trinajstić information content (AvgIpc) is 2.84. The van der Waals surface area contributed by atoms with E-state index in [9.17, 15) is 21.6 Å². The van der Waals surface area contributed by atoms with Gasteiger partial charge in [0.2, 0.25) is 0 Å². The fourth-order valence-electron chi connectivity index (χ4n) is 3.69. The quantitative estimate of drug-likeness (QED) is 0.358. The molecular weight excluding hydrogens is 395 g/mol. The van der Waals surface area contributed by atoms with E-state index in [4.69, 9.17) is 4.74 Å². The summed E-state index contributed by atoms with van der Waals surface area (Å²) in [6.07, 6.45) is 3.69. The smallest absolute Gasteiger partial charge is 0.380 e. The molecule has 1 atom stereocenters. The van der Waals surface area contributed by atoms with Crippen LogP contribution < -0.4 is 4.18 Å². The maximum atomic E-state index is 12.6. The number of nitrogens with zero attached hydrogens (tertiary/aromatic N) is 1. The molecule has 1 aromatic carbocycles. The van der Waals surface area contributed by atoms with Crippen molar-refractivity contribution in [3.8, 4) is 5.75 Å². The predicted molar refractivity (Wildman–Crippen MR) is 101 cm³/mol. The minimum atomic E-state index is -5.68. The molecule has 1 saturated heterocycles. The molecule has 0 radical (unpaired) electrons. The molecule has 1 aliphatic heterocycles. The second-order valence-corrected chi connectivity index (χ2v) is 8.61. The number of likely N-dealkylation sites (tertiary alicyclic amines) is 1. The van der Waals surface area contributed by atoms with Gasteiger partial charge in [0, 0.05) is 25.1 Å². The molecule has 0 amide bonds. The van der Waals surface area contributed by atoms with E-state index in [1.54, 1.807) is 6.07 Å². The lowest BCUT2D eigenvalue weighted by molar-refractivity contribution is -0.0500. The molecule has 1 aliphatic rings. The summed E-state index contributed by atoms with van der Waals surface area (Å²) in [6, 6.07) is 6.05. The molecular formula is C19H28F3NO4S. The van der Waals surface area contributed by atoms with Crippen molar-refractivity contribution in [3.63, 3.8) is 0 Å². The highest BCUT2D eigenvalue weighted by atomic mass is 32.2. The Kier molecular flexibility index (Phi) is 7.75. The molecule has 0 bridgehead atoms. The zero-order valence-corrected chi connectivity index (χ0v) is 17.1. The van der Waals surface area contributed by atoms with Gasteiger partial charge < -0.3 is 13.8 Å². The molecule has 1 heterocycles. The van der Waals surface area contributed by atoms with E-state index in [0.29, 0.717) is 13.2 Å².